The van der Waals surface area contributed by atoms with E-state index in [4.69, 9.17) is 11.5 Å². The summed E-state index contributed by atoms with van der Waals surface area (Å²) in [6.45, 7) is 1.98. The van der Waals surface area contributed by atoms with E-state index in [9.17, 15) is 9.59 Å². The maximum absolute atomic E-state index is 13.0. The third-order valence-electron chi connectivity index (χ3n) is 4.27. The van der Waals surface area contributed by atoms with Crippen LogP contribution in [0.5, 0.6) is 0 Å². The molecule has 0 unspecified atom stereocenters. The molecule has 0 aliphatic heterocycles. The summed E-state index contributed by atoms with van der Waals surface area (Å²) in [5.74, 6) is -0.580. The molecule has 0 fully saturated rings. The van der Waals surface area contributed by atoms with Crippen molar-refractivity contribution in [3.63, 3.8) is 0 Å². The van der Waals surface area contributed by atoms with Crippen LogP contribution < -0.4 is 11.5 Å². The molecule has 0 spiro atoms. The van der Waals surface area contributed by atoms with Gasteiger partial charge in [0.25, 0.3) is 0 Å². The fraction of sp³-hybridized carbons (Fsp3) is 0.111. The molecule has 1 aliphatic carbocycles. The van der Waals surface area contributed by atoms with Crippen molar-refractivity contribution in [2.75, 3.05) is 11.5 Å². The Balaban J connectivity index is 1.99. The van der Waals surface area contributed by atoms with Crippen molar-refractivity contribution in [2.24, 2.45) is 0 Å². The van der Waals surface area contributed by atoms with Crippen LogP contribution in [0, 0.1) is 0 Å². The van der Waals surface area contributed by atoms with Gasteiger partial charge in [-0.3, -0.25) is 9.59 Å². The summed E-state index contributed by atoms with van der Waals surface area (Å²) in [6.07, 6.45) is 0.753. The van der Waals surface area contributed by atoms with Gasteiger partial charge in [0.15, 0.2) is 11.6 Å². The molecule has 2 aromatic carbocycles. The highest BCUT2D eigenvalue weighted by atomic mass is 32.1. The highest BCUT2D eigenvalue weighted by Crippen LogP contribution is 2.40. The SMILES string of the molecule is CCc1nnc(-c2cc(N)c3c(c2N)C(=O)c2ccccc2C3=O)s1. The summed E-state index contributed by atoms with van der Waals surface area (Å²) in [4.78, 5) is 25.8. The fourth-order valence-corrected chi connectivity index (χ4v) is 3.84. The molecule has 1 aliphatic rings. The van der Waals surface area contributed by atoms with E-state index in [1.165, 1.54) is 11.3 Å². The predicted molar refractivity (Wildman–Crippen MR) is 96.9 cm³/mol. The zero-order valence-corrected chi connectivity index (χ0v) is 14.2. The van der Waals surface area contributed by atoms with Gasteiger partial charge in [0.05, 0.1) is 16.8 Å². The molecule has 124 valence electrons. The third-order valence-corrected chi connectivity index (χ3v) is 5.37. The second-order valence-corrected chi connectivity index (χ2v) is 6.80. The molecule has 3 aromatic rings. The molecule has 0 atom stereocenters. The van der Waals surface area contributed by atoms with Gasteiger partial charge in [-0.2, -0.15) is 0 Å². The molecule has 0 amide bonds. The van der Waals surface area contributed by atoms with Gasteiger partial charge in [-0.25, -0.2) is 0 Å². The first-order chi connectivity index (χ1) is 12.0. The lowest BCUT2D eigenvalue weighted by atomic mass is 9.81. The van der Waals surface area contributed by atoms with Crippen molar-refractivity contribution in [3.8, 4) is 10.6 Å². The van der Waals surface area contributed by atoms with Crippen molar-refractivity contribution in [1.82, 2.24) is 10.2 Å². The van der Waals surface area contributed by atoms with Crippen molar-refractivity contribution >= 4 is 34.3 Å². The Morgan fingerprint density at radius 2 is 1.60 bits per heavy atom. The lowest BCUT2D eigenvalue weighted by Crippen LogP contribution is -2.24. The van der Waals surface area contributed by atoms with Gasteiger partial charge in [-0.05, 0) is 12.5 Å². The fourth-order valence-electron chi connectivity index (χ4n) is 3.03. The first-order valence-corrected chi connectivity index (χ1v) is 8.57. The van der Waals surface area contributed by atoms with E-state index < -0.39 is 0 Å². The first kappa shape index (κ1) is 15.5. The molecule has 0 bridgehead atoms. The van der Waals surface area contributed by atoms with Gasteiger partial charge in [-0.1, -0.05) is 42.5 Å². The summed E-state index contributed by atoms with van der Waals surface area (Å²) in [5.41, 5.74) is 14.4. The van der Waals surface area contributed by atoms with Crippen molar-refractivity contribution in [2.45, 2.75) is 13.3 Å². The largest absolute Gasteiger partial charge is 0.398 e. The molecular formula is C18H14N4O2S. The molecule has 0 saturated carbocycles. The van der Waals surface area contributed by atoms with Gasteiger partial charge < -0.3 is 11.5 Å². The van der Waals surface area contributed by atoms with Crippen LogP contribution >= 0.6 is 11.3 Å². The topological polar surface area (TPSA) is 112 Å². The summed E-state index contributed by atoms with van der Waals surface area (Å²) in [6, 6.07) is 8.29. The number of nitrogens with zero attached hydrogens (tertiary/aromatic N) is 2. The number of nitrogens with two attached hydrogens (primary N) is 2. The number of fused-ring (bicyclic) bond motifs is 2. The smallest absolute Gasteiger partial charge is 0.196 e. The summed E-state index contributed by atoms with van der Waals surface area (Å²) in [5, 5.41) is 9.66. The molecule has 1 heterocycles. The number of carbonyl (C=O) groups excluding carboxylic acids is 2. The standard InChI is InChI=1S/C18H14N4O2S/c1-2-12-21-22-18(25-12)10-7-11(19)13-14(15(10)20)17(24)9-6-4-3-5-8(9)16(13)23/h3-7H,2,19-20H2,1H3. The molecule has 4 rings (SSSR count). The molecule has 1 aromatic heterocycles. The van der Waals surface area contributed by atoms with E-state index in [1.807, 2.05) is 6.92 Å². The van der Waals surface area contributed by atoms with Gasteiger partial charge in [0.2, 0.25) is 0 Å². The van der Waals surface area contributed by atoms with Crippen LogP contribution in [0.4, 0.5) is 11.4 Å². The molecule has 0 saturated heterocycles. The predicted octanol–water partition coefficient (Wildman–Crippen LogP) is 2.71. The van der Waals surface area contributed by atoms with Crippen LogP contribution in [0.2, 0.25) is 0 Å². The number of aryl methyl sites for hydroxylation is 1. The Morgan fingerprint density at radius 1 is 0.960 bits per heavy atom. The number of anilines is 2. The number of rotatable bonds is 2. The number of benzene rings is 2. The number of hydrogen-bond donors (Lipinski definition) is 2. The molecular weight excluding hydrogens is 336 g/mol. The Labute approximate surface area is 147 Å². The maximum atomic E-state index is 13.0. The van der Waals surface area contributed by atoms with Gasteiger partial charge in [0.1, 0.15) is 10.0 Å². The highest BCUT2D eigenvalue weighted by Gasteiger charge is 2.34. The summed E-state index contributed by atoms with van der Waals surface area (Å²) < 4.78 is 0. The number of carbonyl (C=O) groups is 2. The van der Waals surface area contributed by atoms with E-state index in [2.05, 4.69) is 10.2 Å². The Bertz CT molecular complexity index is 1060. The van der Waals surface area contributed by atoms with Crippen molar-refractivity contribution < 1.29 is 9.59 Å². The maximum Gasteiger partial charge on any atom is 0.196 e. The Morgan fingerprint density at radius 3 is 2.20 bits per heavy atom. The molecule has 7 heteroatoms. The molecule has 0 radical (unpaired) electrons. The van der Waals surface area contributed by atoms with E-state index >= 15 is 0 Å². The van der Waals surface area contributed by atoms with Crippen molar-refractivity contribution in [1.29, 1.82) is 0 Å². The first-order valence-electron chi connectivity index (χ1n) is 7.76. The average molecular weight is 350 g/mol. The van der Waals surface area contributed by atoms with Crippen LogP contribution in [-0.2, 0) is 6.42 Å². The van der Waals surface area contributed by atoms with Crippen LogP contribution in [-0.4, -0.2) is 21.8 Å². The molecule has 25 heavy (non-hydrogen) atoms. The summed E-state index contributed by atoms with van der Waals surface area (Å²) >= 11 is 1.39. The zero-order valence-electron chi connectivity index (χ0n) is 13.4. The highest BCUT2D eigenvalue weighted by molar-refractivity contribution is 7.14. The van der Waals surface area contributed by atoms with Gasteiger partial charge in [-0.15, -0.1) is 10.2 Å². The minimum absolute atomic E-state index is 0.159. The number of aromatic nitrogens is 2. The van der Waals surface area contributed by atoms with E-state index in [1.54, 1.807) is 30.3 Å². The second-order valence-electron chi connectivity index (χ2n) is 5.74. The van der Waals surface area contributed by atoms with Crippen LogP contribution in [0.1, 0.15) is 43.8 Å². The second kappa shape index (κ2) is 5.49. The quantitative estimate of drug-likeness (QED) is 0.538. The zero-order chi connectivity index (χ0) is 17.7. The summed E-state index contributed by atoms with van der Waals surface area (Å²) in [7, 11) is 0. The van der Waals surface area contributed by atoms with Crippen molar-refractivity contribution in [3.05, 3.63) is 57.6 Å². The van der Waals surface area contributed by atoms with E-state index in [-0.39, 0.29) is 34.1 Å². The van der Waals surface area contributed by atoms with E-state index in [0.717, 1.165) is 11.4 Å². The van der Waals surface area contributed by atoms with Crippen LogP contribution in [0.25, 0.3) is 10.6 Å². The third kappa shape index (κ3) is 2.16. The minimum Gasteiger partial charge on any atom is -0.398 e. The normalized spacial score (nSPS) is 12.8. The molecule has 4 N–H and O–H groups in total. The molecule has 6 nitrogen and oxygen atoms in total. The lowest BCUT2D eigenvalue weighted by Gasteiger charge is -2.21. The Hall–Kier alpha value is -3.06. The van der Waals surface area contributed by atoms with Gasteiger partial charge >= 0.3 is 0 Å². The minimum atomic E-state index is -0.295. The van der Waals surface area contributed by atoms with Crippen LogP contribution in [0.15, 0.2) is 30.3 Å². The average Bonchev–Trinajstić information content (AvgIpc) is 3.10. The van der Waals surface area contributed by atoms with Gasteiger partial charge in [0, 0.05) is 22.4 Å². The number of hydrogen-bond acceptors (Lipinski definition) is 7. The van der Waals surface area contributed by atoms with E-state index in [0.29, 0.717) is 21.7 Å². The lowest BCUT2D eigenvalue weighted by molar-refractivity contribution is 0.0980. The number of ketones is 2. The van der Waals surface area contributed by atoms with Crippen LogP contribution in [0.3, 0.4) is 0 Å². The Kier molecular flexibility index (Phi) is 3.40. The number of nitrogen functional groups attached to an aromatic ring is 2. The monoisotopic (exact) mass is 350 g/mol.